The lowest BCUT2D eigenvalue weighted by Crippen LogP contribution is -2.11. The summed E-state index contributed by atoms with van der Waals surface area (Å²) >= 11 is 0. The Morgan fingerprint density at radius 2 is 2.19 bits per heavy atom. The minimum absolute atomic E-state index is 0.325. The van der Waals surface area contributed by atoms with Crippen LogP contribution in [0.2, 0.25) is 0 Å². The van der Waals surface area contributed by atoms with Crippen LogP contribution in [0.3, 0.4) is 0 Å². The number of H-pyrrole nitrogens is 1. The predicted octanol–water partition coefficient (Wildman–Crippen LogP) is 2.67. The number of nitrogens with zero attached hydrogens (tertiary/aromatic N) is 3. The number of benzene rings is 1. The van der Waals surface area contributed by atoms with Crippen molar-refractivity contribution in [3.8, 4) is 5.75 Å². The molecule has 1 aromatic carbocycles. The third-order valence-corrected chi connectivity index (χ3v) is 3.27. The van der Waals surface area contributed by atoms with Crippen LogP contribution in [0.5, 0.6) is 5.75 Å². The molecule has 0 unspecified atom stereocenters. The molecule has 0 saturated carbocycles. The summed E-state index contributed by atoms with van der Waals surface area (Å²) in [7, 11) is 1.52. The van der Waals surface area contributed by atoms with Crippen molar-refractivity contribution in [2.75, 3.05) is 12.4 Å². The fourth-order valence-corrected chi connectivity index (χ4v) is 2.27. The number of anilines is 1. The fourth-order valence-electron chi connectivity index (χ4n) is 2.27. The first-order valence-corrected chi connectivity index (χ1v) is 6.43. The highest BCUT2D eigenvalue weighted by atomic mass is 19.1. The zero-order valence-corrected chi connectivity index (χ0v) is 11.6. The summed E-state index contributed by atoms with van der Waals surface area (Å²) in [6, 6.07) is 4.42. The van der Waals surface area contributed by atoms with Crippen molar-refractivity contribution in [1.29, 1.82) is 0 Å². The number of fused-ring (bicyclic) bond motifs is 1. The first-order valence-electron chi connectivity index (χ1n) is 6.43. The van der Waals surface area contributed by atoms with Crippen molar-refractivity contribution in [3.63, 3.8) is 0 Å². The summed E-state index contributed by atoms with van der Waals surface area (Å²) in [5.74, 6) is 0.755. The Kier molecular flexibility index (Phi) is 3.39. The summed E-state index contributed by atoms with van der Waals surface area (Å²) in [6.45, 7) is 1.84. The molecule has 0 amide bonds. The molecular formula is C14H14FN5O. The van der Waals surface area contributed by atoms with Gasteiger partial charge in [0.2, 0.25) is 0 Å². The van der Waals surface area contributed by atoms with E-state index in [-0.39, 0.29) is 11.9 Å². The van der Waals surface area contributed by atoms with Crippen LogP contribution in [0.15, 0.2) is 30.7 Å². The van der Waals surface area contributed by atoms with Gasteiger partial charge in [0.15, 0.2) is 5.65 Å². The fraction of sp³-hybridized carbons (Fsp3) is 0.214. The van der Waals surface area contributed by atoms with Gasteiger partial charge >= 0.3 is 0 Å². The lowest BCUT2D eigenvalue weighted by atomic mass is 10.1. The van der Waals surface area contributed by atoms with E-state index in [0.717, 1.165) is 5.39 Å². The SMILES string of the molecule is COc1cccc(F)c1[C@H](C)Nc1ncnc2[nH]ncc12. The first kappa shape index (κ1) is 13.3. The van der Waals surface area contributed by atoms with E-state index in [2.05, 4.69) is 25.5 Å². The van der Waals surface area contributed by atoms with Crippen LogP contribution in [0, 0.1) is 5.82 Å². The smallest absolute Gasteiger partial charge is 0.160 e. The number of ether oxygens (including phenoxy) is 1. The third-order valence-electron chi connectivity index (χ3n) is 3.27. The molecule has 3 aromatic rings. The summed E-state index contributed by atoms with van der Waals surface area (Å²) in [5, 5.41) is 10.6. The molecule has 0 spiro atoms. The molecule has 1 atom stereocenters. The number of aromatic amines is 1. The Balaban J connectivity index is 1.97. The molecule has 0 fully saturated rings. The lowest BCUT2D eigenvalue weighted by Gasteiger charge is -2.18. The van der Waals surface area contributed by atoms with Crippen molar-refractivity contribution in [3.05, 3.63) is 42.1 Å². The average Bonchev–Trinajstić information content (AvgIpc) is 2.96. The van der Waals surface area contributed by atoms with E-state index < -0.39 is 0 Å². The van der Waals surface area contributed by atoms with Crippen LogP contribution < -0.4 is 10.1 Å². The number of hydrogen-bond donors (Lipinski definition) is 2. The Labute approximate surface area is 120 Å². The van der Waals surface area contributed by atoms with Gasteiger partial charge in [0.25, 0.3) is 0 Å². The molecule has 0 aliphatic rings. The van der Waals surface area contributed by atoms with Crippen LogP contribution in [0.1, 0.15) is 18.5 Å². The number of nitrogens with one attached hydrogen (secondary N) is 2. The van der Waals surface area contributed by atoms with E-state index in [1.165, 1.54) is 19.5 Å². The van der Waals surface area contributed by atoms with Gasteiger partial charge in [-0.25, -0.2) is 14.4 Å². The first-order chi connectivity index (χ1) is 10.2. The maximum Gasteiger partial charge on any atom is 0.160 e. The van der Waals surface area contributed by atoms with Gasteiger partial charge in [0.05, 0.1) is 30.3 Å². The van der Waals surface area contributed by atoms with Gasteiger partial charge in [-0.2, -0.15) is 5.10 Å². The molecule has 2 N–H and O–H groups in total. The van der Waals surface area contributed by atoms with E-state index in [9.17, 15) is 4.39 Å². The van der Waals surface area contributed by atoms with Crippen molar-refractivity contribution < 1.29 is 9.13 Å². The molecule has 0 aliphatic carbocycles. The summed E-state index contributed by atoms with van der Waals surface area (Å²) in [6.07, 6.45) is 3.05. The molecule has 108 valence electrons. The van der Waals surface area contributed by atoms with Crippen molar-refractivity contribution in [1.82, 2.24) is 20.2 Å². The van der Waals surface area contributed by atoms with Crippen LogP contribution >= 0.6 is 0 Å². The monoisotopic (exact) mass is 287 g/mol. The Hall–Kier alpha value is -2.70. The van der Waals surface area contributed by atoms with Gasteiger partial charge in [-0.15, -0.1) is 0 Å². The van der Waals surface area contributed by atoms with Gasteiger partial charge < -0.3 is 10.1 Å². The molecule has 2 aromatic heterocycles. The van der Waals surface area contributed by atoms with Crippen LogP contribution in [-0.4, -0.2) is 27.3 Å². The lowest BCUT2D eigenvalue weighted by molar-refractivity contribution is 0.402. The molecule has 3 rings (SSSR count). The highest BCUT2D eigenvalue weighted by Gasteiger charge is 2.18. The highest BCUT2D eigenvalue weighted by Crippen LogP contribution is 2.30. The van der Waals surface area contributed by atoms with Gasteiger partial charge in [-0.1, -0.05) is 6.07 Å². The molecule has 2 heterocycles. The molecule has 6 nitrogen and oxygen atoms in total. The zero-order chi connectivity index (χ0) is 14.8. The summed E-state index contributed by atoms with van der Waals surface area (Å²) in [5.41, 5.74) is 1.08. The molecule has 0 saturated heterocycles. The third kappa shape index (κ3) is 2.37. The Morgan fingerprint density at radius 1 is 1.33 bits per heavy atom. The number of hydrogen-bond acceptors (Lipinski definition) is 5. The Morgan fingerprint density at radius 3 is 3.00 bits per heavy atom. The van der Waals surface area contributed by atoms with E-state index in [0.29, 0.717) is 22.8 Å². The minimum Gasteiger partial charge on any atom is -0.496 e. The van der Waals surface area contributed by atoms with E-state index in [1.54, 1.807) is 18.3 Å². The van der Waals surface area contributed by atoms with Crippen LogP contribution in [0.4, 0.5) is 10.2 Å². The zero-order valence-electron chi connectivity index (χ0n) is 11.6. The minimum atomic E-state index is -0.327. The van der Waals surface area contributed by atoms with Crippen molar-refractivity contribution in [2.45, 2.75) is 13.0 Å². The molecule has 0 bridgehead atoms. The van der Waals surface area contributed by atoms with Gasteiger partial charge in [0.1, 0.15) is 23.7 Å². The van der Waals surface area contributed by atoms with E-state index in [1.807, 2.05) is 6.92 Å². The quantitative estimate of drug-likeness (QED) is 0.771. The van der Waals surface area contributed by atoms with Gasteiger partial charge in [-0.05, 0) is 19.1 Å². The number of aromatic nitrogens is 4. The van der Waals surface area contributed by atoms with Gasteiger partial charge in [-0.3, -0.25) is 5.10 Å². The maximum absolute atomic E-state index is 14.1. The largest absolute Gasteiger partial charge is 0.496 e. The second-order valence-electron chi connectivity index (χ2n) is 4.58. The molecular weight excluding hydrogens is 273 g/mol. The second kappa shape index (κ2) is 5.35. The van der Waals surface area contributed by atoms with Crippen molar-refractivity contribution >= 4 is 16.9 Å². The van der Waals surface area contributed by atoms with Crippen LogP contribution in [-0.2, 0) is 0 Å². The van der Waals surface area contributed by atoms with Crippen molar-refractivity contribution in [2.24, 2.45) is 0 Å². The number of rotatable bonds is 4. The number of methoxy groups -OCH3 is 1. The maximum atomic E-state index is 14.1. The highest BCUT2D eigenvalue weighted by molar-refractivity contribution is 5.85. The standard InChI is InChI=1S/C14H14FN5O/c1-8(12-10(15)4-3-5-11(12)21-2)19-13-9-6-18-20-14(9)17-7-16-13/h3-8H,1-2H3,(H2,16,17,18,19,20)/t8-/m0/s1. The average molecular weight is 287 g/mol. The number of halogens is 1. The summed E-state index contributed by atoms with van der Waals surface area (Å²) < 4.78 is 19.3. The molecule has 0 radical (unpaired) electrons. The topological polar surface area (TPSA) is 75.7 Å². The molecule has 21 heavy (non-hydrogen) atoms. The van der Waals surface area contributed by atoms with E-state index in [4.69, 9.17) is 4.74 Å². The molecule has 7 heteroatoms. The molecule has 0 aliphatic heterocycles. The van der Waals surface area contributed by atoms with Gasteiger partial charge in [0, 0.05) is 0 Å². The van der Waals surface area contributed by atoms with Crippen LogP contribution in [0.25, 0.3) is 11.0 Å². The normalized spacial score (nSPS) is 12.3. The van der Waals surface area contributed by atoms with E-state index >= 15 is 0 Å². The predicted molar refractivity (Wildman–Crippen MR) is 76.7 cm³/mol. The Bertz CT molecular complexity index is 773. The second-order valence-corrected chi connectivity index (χ2v) is 4.58. The summed E-state index contributed by atoms with van der Waals surface area (Å²) in [4.78, 5) is 8.25.